The molecular formula is C10H18O. The highest BCUT2D eigenvalue weighted by Crippen LogP contribution is 2.44. The third-order valence-electron chi connectivity index (χ3n) is 3.71. The van der Waals surface area contributed by atoms with Crippen LogP contribution in [0.4, 0.5) is 0 Å². The van der Waals surface area contributed by atoms with Gasteiger partial charge in [-0.1, -0.05) is 25.7 Å². The zero-order chi connectivity index (χ0) is 7.68. The van der Waals surface area contributed by atoms with Gasteiger partial charge in [0, 0.05) is 6.61 Å². The second kappa shape index (κ2) is 3.14. The van der Waals surface area contributed by atoms with Gasteiger partial charge >= 0.3 is 0 Å². The first-order valence-corrected chi connectivity index (χ1v) is 5.02. The smallest absolute Gasteiger partial charge is 0.0462 e. The maximum Gasteiger partial charge on any atom is 0.0462 e. The largest absolute Gasteiger partial charge is 0.396 e. The van der Waals surface area contributed by atoms with Crippen molar-refractivity contribution in [3.8, 4) is 0 Å². The molecule has 2 rings (SSSR count). The third kappa shape index (κ3) is 1.31. The maximum atomic E-state index is 9.14. The minimum Gasteiger partial charge on any atom is -0.396 e. The molecule has 2 aliphatic rings. The Morgan fingerprint density at radius 2 is 1.73 bits per heavy atom. The Kier molecular flexibility index (Phi) is 2.17. The van der Waals surface area contributed by atoms with E-state index in [-0.39, 0.29) is 0 Å². The van der Waals surface area contributed by atoms with E-state index >= 15 is 0 Å². The Balaban J connectivity index is 2.00. The van der Waals surface area contributed by atoms with Crippen LogP contribution in [0.3, 0.4) is 0 Å². The lowest BCUT2D eigenvalue weighted by molar-refractivity contribution is 0.108. The van der Waals surface area contributed by atoms with E-state index in [4.69, 9.17) is 5.11 Å². The average molecular weight is 154 g/mol. The van der Waals surface area contributed by atoms with Crippen molar-refractivity contribution in [2.45, 2.75) is 38.5 Å². The van der Waals surface area contributed by atoms with Crippen molar-refractivity contribution in [2.75, 3.05) is 6.61 Å². The molecule has 3 atom stereocenters. The lowest BCUT2D eigenvalue weighted by Gasteiger charge is -2.32. The summed E-state index contributed by atoms with van der Waals surface area (Å²) in [7, 11) is 0. The first-order valence-electron chi connectivity index (χ1n) is 5.02. The lowest BCUT2D eigenvalue weighted by atomic mass is 9.74. The van der Waals surface area contributed by atoms with E-state index in [1.54, 1.807) is 0 Å². The molecule has 2 fully saturated rings. The predicted octanol–water partition coefficient (Wildman–Crippen LogP) is 2.20. The summed E-state index contributed by atoms with van der Waals surface area (Å²) in [5.41, 5.74) is 0. The summed E-state index contributed by atoms with van der Waals surface area (Å²) in [5, 5.41) is 9.14. The van der Waals surface area contributed by atoms with Gasteiger partial charge in [0.25, 0.3) is 0 Å². The van der Waals surface area contributed by atoms with Gasteiger partial charge in [0.1, 0.15) is 0 Å². The molecule has 1 heteroatoms. The number of fused-ring (bicyclic) bond motifs is 1. The highest BCUT2D eigenvalue weighted by molar-refractivity contribution is 4.86. The molecule has 1 nitrogen and oxygen atoms in total. The van der Waals surface area contributed by atoms with Gasteiger partial charge in [-0.25, -0.2) is 0 Å². The second-order valence-electron chi connectivity index (χ2n) is 4.23. The fraction of sp³-hybridized carbons (Fsp3) is 1.00. The highest BCUT2D eigenvalue weighted by Gasteiger charge is 2.35. The van der Waals surface area contributed by atoms with Crippen LogP contribution in [0.15, 0.2) is 0 Å². The van der Waals surface area contributed by atoms with Crippen LogP contribution in [0.25, 0.3) is 0 Å². The van der Waals surface area contributed by atoms with Crippen molar-refractivity contribution >= 4 is 0 Å². The maximum absolute atomic E-state index is 9.14. The topological polar surface area (TPSA) is 20.2 Å². The van der Waals surface area contributed by atoms with Crippen molar-refractivity contribution in [3.63, 3.8) is 0 Å². The van der Waals surface area contributed by atoms with Crippen molar-refractivity contribution in [3.05, 3.63) is 0 Å². The fourth-order valence-electron chi connectivity index (χ4n) is 3.13. The molecule has 0 heterocycles. The van der Waals surface area contributed by atoms with Crippen LogP contribution in [-0.2, 0) is 0 Å². The van der Waals surface area contributed by atoms with Crippen LogP contribution in [0.5, 0.6) is 0 Å². The van der Waals surface area contributed by atoms with Gasteiger partial charge < -0.3 is 5.11 Å². The molecule has 0 unspecified atom stereocenters. The van der Waals surface area contributed by atoms with E-state index in [1.807, 2.05) is 0 Å². The normalized spacial score (nSPS) is 43.9. The van der Waals surface area contributed by atoms with Gasteiger partial charge in [-0.05, 0) is 30.6 Å². The Labute approximate surface area is 68.8 Å². The van der Waals surface area contributed by atoms with Crippen LogP contribution in [0, 0.1) is 17.8 Å². The predicted molar refractivity (Wildman–Crippen MR) is 45.3 cm³/mol. The van der Waals surface area contributed by atoms with E-state index in [9.17, 15) is 0 Å². The van der Waals surface area contributed by atoms with Gasteiger partial charge in [-0.3, -0.25) is 0 Å². The monoisotopic (exact) mass is 154 g/mol. The SMILES string of the molecule is OC[C@H]1CCC[C@H]2CCC[C@@H]21. The van der Waals surface area contributed by atoms with Crippen molar-refractivity contribution in [1.82, 2.24) is 0 Å². The Bertz CT molecular complexity index is 133. The van der Waals surface area contributed by atoms with Crippen LogP contribution in [0.2, 0.25) is 0 Å². The zero-order valence-electron chi connectivity index (χ0n) is 7.13. The molecule has 0 aromatic carbocycles. The third-order valence-corrected chi connectivity index (χ3v) is 3.71. The molecule has 0 aromatic rings. The van der Waals surface area contributed by atoms with Crippen molar-refractivity contribution in [2.24, 2.45) is 17.8 Å². The van der Waals surface area contributed by atoms with Gasteiger partial charge in [0.2, 0.25) is 0 Å². The molecule has 0 saturated heterocycles. The molecule has 0 aromatic heterocycles. The number of rotatable bonds is 1. The number of aliphatic hydroxyl groups is 1. The lowest BCUT2D eigenvalue weighted by Crippen LogP contribution is -2.26. The molecule has 64 valence electrons. The highest BCUT2D eigenvalue weighted by atomic mass is 16.3. The summed E-state index contributed by atoms with van der Waals surface area (Å²) in [6, 6.07) is 0. The van der Waals surface area contributed by atoms with Crippen LogP contribution < -0.4 is 0 Å². The second-order valence-corrected chi connectivity index (χ2v) is 4.23. The molecule has 0 radical (unpaired) electrons. The first kappa shape index (κ1) is 7.60. The van der Waals surface area contributed by atoms with E-state index in [0.717, 1.165) is 11.8 Å². The quantitative estimate of drug-likeness (QED) is 0.614. The number of aliphatic hydroxyl groups excluding tert-OH is 1. The molecule has 2 saturated carbocycles. The van der Waals surface area contributed by atoms with Gasteiger partial charge in [-0.15, -0.1) is 0 Å². The van der Waals surface area contributed by atoms with Gasteiger partial charge in [-0.2, -0.15) is 0 Å². The van der Waals surface area contributed by atoms with E-state index in [2.05, 4.69) is 0 Å². The Morgan fingerprint density at radius 1 is 1.00 bits per heavy atom. The molecule has 1 N–H and O–H groups in total. The molecule has 0 aliphatic heterocycles. The van der Waals surface area contributed by atoms with Crippen LogP contribution in [0.1, 0.15) is 38.5 Å². The van der Waals surface area contributed by atoms with E-state index < -0.39 is 0 Å². The summed E-state index contributed by atoms with van der Waals surface area (Å²) in [4.78, 5) is 0. The Hall–Kier alpha value is -0.0400. The Morgan fingerprint density at radius 3 is 2.45 bits per heavy atom. The van der Waals surface area contributed by atoms with Crippen molar-refractivity contribution in [1.29, 1.82) is 0 Å². The summed E-state index contributed by atoms with van der Waals surface area (Å²) in [6.45, 7) is 0.446. The fourth-order valence-corrected chi connectivity index (χ4v) is 3.13. The summed E-state index contributed by atoms with van der Waals surface area (Å²) in [5.74, 6) is 2.55. The minimum atomic E-state index is 0.446. The summed E-state index contributed by atoms with van der Waals surface area (Å²) in [6.07, 6.45) is 8.37. The van der Waals surface area contributed by atoms with Crippen molar-refractivity contribution < 1.29 is 5.11 Å². The van der Waals surface area contributed by atoms with E-state index in [0.29, 0.717) is 12.5 Å². The molecule has 0 bridgehead atoms. The number of hydrogen-bond donors (Lipinski definition) is 1. The van der Waals surface area contributed by atoms with E-state index in [1.165, 1.54) is 38.5 Å². The minimum absolute atomic E-state index is 0.446. The van der Waals surface area contributed by atoms with Gasteiger partial charge in [0.05, 0.1) is 0 Å². The molecule has 2 aliphatic carbocycles. The van der Waals surface area contributed by atoms with Crippen LogP contribution in [-0.4, -0.2) is 11.7 Å². The molecule has 11 heavy (non-hydrogen) atoms. The zero-order valence-corrected chi connectivity index (χ0v) is 7.13. The molecule has 0 amide bonds. The summed E-state index contributed by atoms with van der Waals surface area (Å²) < 4.78 is 0. The average Bonchev–Trinajstić information content (AvgIpc) is 2.50. The standard InChI is InChI=1S/C10H18O/c11-7-9-5-1-3-8-4-2-6-10(8)9/h8-11H,1-7H2/t8-,9+,10-/m0/s1. The summed E-state index contributed by atoms with van der Waals surface area (Å²) >= 11 is 0. The molecule has 0 spiro atoms. The van der Waals surface area contributed by atoms with Gasteiger partial charge in [0.15, 0.2) is 0 Å². The molecular weight excluding hydrogens is 136 g/mol. The number of hydrogen-bond acceptors (Lipinski definition) is 1. The first-order chi connectivity index (χ1) is 5.42. The van der Waals surface area contributed by atoms with Crippen LogP contribution >= 0.6 is 0 Å².